The van der Waals surface area contributed by atoms with Gasteiger partial charge in [0.05, 0.1) is 18.2 Å². The van der Waals surface area contributed by atoms with Gasteiger partial charge >= 0.3 is 0 Å². The third-order valence-electron chi connectivity index (χ3n) is 3.81. The fraction of sp³-hybridized carbons (Fsp3) is 0.533. The smallest absolute Gasteiger partial charge is 0.230 e. The van der Waals surface area contributed by atoms with E-state index >= 15 is 0 Å². The first-order chi connectivity index (χ1) is 10.1. The molecule has 1 aliphatic rings. The Balaban J connectivity index is 1.75. The van der Waals surface area contributed by atoms with Gasteiger partial charge in [0, 0.05) is 18.7 Å². The second-order valence-corrected chi connectivity index (χ2v) is 5.57. The standard InChI is InChI=1S/C15H19N3O3/c1-10-7-12(21-16-10)9-15(19)18-6-4-3-5-14(18)13-8-11(2)20-17-13/h7-8,14H,3-6,9H2,1-2H3/t14-/m1/s1. The molecule has 21 heavy (non-hydrogen) atoms. The number of nitrogens with zero attached hydrogens (tertiary/aromatic N) is 3. The molecule has 6 nitrogen and oxygen atoms in total. The van der Waals surface area contributed by atoms with E-state index in [9.17, 15) is 4.79 Å². The van der Waals surface area contributed by atoms with E-state index in [1.165, 1.54) is 0 Å². The summed E-state index contributed by atoms with van der Waals surface area (Å²) in [5.74, 6) is 1.43. The molecular formula is C15H19N3O3. The lowest BCUT2D eigenvalue weighted by atomic mass is 9.98. The maximum atomic E-state index is 12.5. The SMILES string of the molecule is Cc1cc(CC(=O)N2CCCC[C@@H]2c2cc(C)on2)on1. The number of carbonyl (C=O) groups is 1. The van der Waals surface area contributed by atoms with E-state index in [2.05, 4.69) is 10.3 Å². The van der Waals surface area contributed by atoms with Gasteiger partial charge in [-0.1, -0.05) is 10.3 Å². The molecule has 0 N–H and O–H groups in total. The fourth-order valence-corrected chi connectivity index (χ4v) is 2.83. The van der Waals surface area contributed by atoms with Crippen LogP contribution in [0.25, 0.3) is 0 Å². The minimum Gasteiger partial charge on any atom is -0.361 e. The first kappa shape index (κ1) is 13.9. The number of aryl methyl sites for hydroxylation is 2. The Hall–Kier alpha value is -2.11. The molecule has 1 amide bonds. The summed E-state index contributed by atoms with van der Waals surface area (Å²) in [6.07, 6.45) is 3.29. The van der Waals surface area contributed by atoms with Crippen molar-refractivity contribution in [2.24, 2.45) is 0 Å². The summed E-state index contributed by atoms with van der Waals surface area (Å²) in [7, 11) is 0. The van der Waals surface area contributed by atoms with E-state index < -0.39 is 0 Å². The molecule has 0 saturated carbocycles. The van der Waals surface area contributed by atoms with E-state index in [0.29, 0.717) is 5.76 Å². The van der Waals surface area contributed by atoms with Gasteiger partial charge in [-0.05, 0) is 33.1 Å². The van der Waals surface area contributed by atoms with Crippen LogP contribution in [0.4, 0.5) is 0 Å². The lowest BCUT2D eigenvalue weighted by Crippen LogP contribution is -2.39. The van der Waals surface area contributed by atoms with Gasteiger partial charge in [0.2, 0.25) is 5.91 Å². The lowest BCUT2D eigenvalue weighted by molar-refractivity contribution is -0.134. The Morgan fingerprint density at radius 2 is 2.14 bits per heavy atom. The zero-order valence-electron chi connectivity index (χ0n) is 12.3. The van der Waals surface area contributed by atoms with Crippen molar-refractivity contribution in [2.75, 3.05) is 6.54 Å². The van der Waals surface area contributed by atoms with Crippen molar-refractivity contribution in [1.29, 1.82) is 0 Å². The first-order valence-corrected chi connectivity index (χ1v) is 7.28. The number of aromatic nitrogens is 2. The van der Waals surface area contributed by atoms with E-state index in [4.69, 9.17) is 9.05 Å². The Labute approximate surface area is 123 Å². The van der Waals surface area contributed by atoms with Crippen LogP contribution in [-0.4, -0.2) is 27.7 Å². The summed E-state index contributed by atoms with van der Waals surface area (Å²) >= 11 is 0. The quantitative estimate of drug-likeness (QED) is 0.868. The van der Waals surface area contributed by atoms with Crippen LogP contribution in [0.1, 0.15) is 48.2 Å². The first-order valence-electron chi connectivity index (χ1n) is 7.28. The molecule has 0 bridgehead atoms. The number of hydrogen-bond donors (Lipinski definition) is 0. The highest BCUT2D eigenvalue weighted by Gasteiger charge is 2.30. The molecule has 3 heterocycles. The minimum absolute atomic E-state index is 0.00715. The van der Waals surface area contributed by atoms with E-state index in [0.717, 1.165) is 43.0 Å². The van der Waals surface area contributed by atoms with Crippen LogP contribution in [0.15, 0.2) is 21.2 Å². The van der Waals surface area contributed by atoms with Gasteiger partial charge in [0.25, 0.3) is 0 Å². The van der Waals surface area contributed by atoms with Crippen molar-refractivity contribution < 1.29 is 13.8 Å². The van der Waals surface area contributed by atoms with Crippen LogP contribution in [-0.2, 0) is 11.2 Å². The molecule has 2 aromatic rings. The maximum absolute atomic E-state index is 12.5. The zero-order chi connectivity index (χ0) is 14.8. The van der Waals surface area contributed by atoms with Crippen LogP contribution >= 0.6 is 0 Å². The van der Waals surface area contributed by atoms with E-state index in [1.807, 2.05) is 24.8 Å². The predicted molar refractivity (Wildman–Crippen MR) is 74.5 cm³/mol. The second-order valence-electron chi connectivity index (χ2n) is 5.57. The highest BCUT2D eigenvalue weighted by Crippen LogP contribution is 2.31. The number of likely N-dealkylation sites (tertiary alicyclic amines) is 1. The van der Waals surface area contributed by atoms with Crippen molar-refractivity contribution in [3.63, 3.8) is 0 Å². The van der Waals surface area contributed by atoms with Gasteiger partial charge in [-0.2, -0.15) is 0 Å². The number of piperidine rings is 1. The molecule has 1 fully saturated rings. The number of amides is 1. The third-order valence-corrected chi connectivity index (χ3v) is 3.81. The summed E-state index contributed by atoms with van der Waals surface area (Å²) in [6, 6.07) is 3.72. The Morgan fingerprint density at radius 1 is 1.29 bits per heavy atom. The summed E-state index contributed by atoms with van der Waals surface area (Å²) in [6.45, 7) is 4.46. The molecule has 0 spiro atoms. The van der Waals surface area contributed by atoms with E-state index in [-0.39, 0.29) is 18.4 Å². The average Bonchev–Trinajstić information content (AvgIpc) is 3.07. The minimum atomic E-state index is 0.00715. The van der Waals surface area contributed by atoms with Crippen LogP contribution in [0.5, 0.6) is 0 Å². The lowest BCUT2D eigenvalue weighted by Gasteiger charge is -2.34. The fourth-order valence-electron chi connectivity index (χ4n) is 2.83. The second kappa shape index (κ2) is 5.71. The summed E-state index contributed by atoms with van der Waals surface area (Å²) in [5.41, 5.74) is 1.63. The van der Waals surface area contributed by atoms with Gasteiger partial charge < -0.3 is 13.9 Å². The molecule has 1 saturated heterocycles. The molecule has 6 heteroatoms. The molecule has 0 aliphatic carbocycles. The summed E-state index contributed by atoms with van der Waals surface area (Å²) < 4.78 is 10.3. The molecule has 112 valence electrons. The monoisotopic (exact) mass is 289 g/mol. The molecule has 0 radical (unpaired) electrons. The number of rotatable bonds is 3. The summed E-state index contributed by atoms with van der Waals surface area (Å²) in [4.78, 5) is 14.4. The maximum Gasteiger partial charge on any atom is 0.230 e. The Kier molecular flexibility index (Phi) is 3.77. The highest BCUT2D eigenvalue weighted by molar-refractivity contribution is 5.78. The molecular weight excluding hydrogens is 270 g/mol. The van der Waals surface area contributed by atoms with Gasteiger partial charge in [-0.25, -0.2) is 0 Å². The third kappa shape index (κ3) is 2.99. The van der Waals surface area contributed by atoms with Gasteiger partial charge in [0.1, 0.15) is 17.2 Å². The van der Waals surface area contributed by atoms with Crippen LogP contribution in [0, 0.1) is 13.8 Å². The predicted octanol–water partition coefficient (Wildman–Crippen LogP) is 2.58. The van der Waals surface area contributed by atoms with Crippen LogP contribution < -0.4 is 0 Å². The van der Waals surface area contributed by atoms with E-state index in [1.54, 1.807) is 6.07 Å². The van der Waals surface area contributed by atoms with Crippen LogP contribution in [0.3, 0.4) is 0 Å². The largest absolute Gasteiger partial charge is 0.361 e. The van der Waals surface area contributed by atoms with Crippen molar-refractivity contribution in [3.05, 3.63) is 35.0 Å². The van der Waals surface area contributed by atoms with Crippen molar-refractivity contribution in [2.45, 2.75) is 45.6 Å². The normalized spacial score (nSPS) is 19.0. The molecule has 1 atom stereocenters. The molecule has 2 aromatic heterocycles. The van der Waals surface area contributed by atoms with Gasteiger partial charge in [-0.3, -0.25) is 4.79 Å². The summed E-state index contributed by atoms with van der Waals surface area (Å²) in [5, 5.41) is 7.90. The molecule has 1 aliphatic heterocycles. The molecule has 3 rings (SSSR count). The topological polar surface area (TPSA) is 72.4 Å². The zero-order valence-corrected chi connectivity index (χ0v) is 12.3. The van der Waals surface area contributed by atoms with Crippen molar-refractivity contribution in [3.8, 4) is 0 Å². The van der Waals surface area contributed by atoms with Gasteiger partial charge in [-0.15, -0.1) is 0 Å². The molecule has 0 aromatic carbocycles. The number of carbonyl (C=O) groups excluding carboxylic acids is 1. The number of hydrogen-bond acceptors (Lipinski definition) is 5. The Morgan fingerprint density at radius 3 is 2.81 bits per heavy atom. The highest BCUT2D eigenvalue weighted by atomic mass is 16.5. The molecule has 0 unspecified atom stereocenters. The van der Waals surface area contributed by atoms with Crippen LogP contribution in [0.2, 0.25) is 0 Å². The average molecular weight is 289 g/mol. The van der Waals surface area contributed by atoms with Crippen molar-refractivity contribution >= 4 is 5.91 Å². The Bertz CT molecular complexity index is 632. The van der Waals surface area contributed by atoms with Crippen molar-refractivity contribution in [1.82, 2.24) is 15.2 Å². The van der Waals surface area contributed by atoms with Gasteiger partial charge in [0.15, 0.2) is 0 Å².